The fraction of sp³-hybridized carbons (Fsp3) is 0.429. The molecule has 2 aliphatic rings. The molecule has 2 aromatic heterocycles. The van der Waals surface area contributed by atoms with Crippen LogP contribution in [0.25, 0.3) is 11.0 Å². The first-order valence-electron chi connectivity index (χ1n) is 10.9. The number of carbonyl (C=O) groups is 1. The minimum Gasteiger partial charge on any atom is -0.371 e. The molecule has 33 heavy (non-hydrogen) atoms. The van der Waals surface area contributed by atoms with Gasteiger partial charge in [-0.05, 0) is 49.9 Å². The SMILES string of the molecule is CS(=O)(=O)c1[nH]nc2nc(Nc3ccc(N4CCCC(C(N)=O)C4)cc3)nc(NC3CC3)c12. The van der Waals surface area contributed by atoms with Gasteiger partial charge in [-0.15, -0.1) is 0 Å². The number of amides is 1. The zero-order chi connectivity index (χ0) is 23.2. The van der Waals surface area contributed by atoms with Gasteiger partial charge >= 0.3 is 0 Å². The second-order valence-electron chi connectivity index (χ2n) is 8.70. The number of nitrogens with two attached hydrogens (primary N) is 1. The Morgan fingerprint density at radius 1 is 1.18 bits per heavy atom. The van der Waals surface area contributed by atoms with Gasteiger partial charge in [0.15, 0.2) is 20.5 Å². The van der Waals surface area contributed by atoms with Gasteiger partial charge in [0.2, 0.25) is 11.9 Å². The number of hydrogen-bond donors (Lipinski definition) is 4. The molecule has 1 aliphatic carbocycles. The topological polar surface area (TPSA) is 159 Å². The number of nitrogens with zero attached hydrogens (tertiary/aromatic N) is 4. The number of aromatic nitrogens is 4. The third-order valence-corrected chi connectivity index (χ3v) is 7.02. The van der Waals surface area contributed by atoms with Gasteiger partial charge in [0.1, 0.15) is 11.2 Å². The van der Waals surface area contributed by atoms with Crippen molar-refractivity contribution in [2.75, 3.05) is 34.9 Å². The van der Waals surface area contributed by atoms with Crippen molar-refractivity contribution in [3.8, 4) is 0 Å². The summed E-state index contributed by atoms with van der Waals surface area (Å²) in [7, 11) is -3.51. The fourth-order valence-electron chi connectivity index (χ4n) is 4.08. The van der Waals surface area contributed by atoms with Crippen LogP contribution in [0.5, 0.6) is 0 Å². The summed E-state index contributed by atoms with van der Waals surface area (Å²) >= 11 is 0. The number of H-pyrrole nitrogens is 1. The third-order valence-electron chi connectivity index (χ3n) is 5.98. The Balaban J connectivity index is 1.39. The lowest BCUT2D eigenvalue weighted by Gasteiger charge is -2.33. The molecule has 3 heterocycles. The minimum atomic E-state index is -3.51. The van der Waals surface area contributed by atoms with Crippen molar-refractivity contribution in [2.24, 2.45) is 11.7 Å². The molecule has 0 spiro atoms. The van der Waals surface area contributed by atoms with Gasteiger partial charge in [-0.3, -0.25) is 9.89 Å². The van der Waals surface area contributed by atoms with Gasteiger partial charge in [-0.2, -0.15) is 15.1 Å². The summed E-state index contributed by atoms with van der Waals surface area (Å²) in [6.07, 6.45) is 4.90. The molecule has 5 rings (SSSR count). The van der Waals surface area contributed by atoms with Crippen LogP contribution in [-0.2, 0) is 14.6 Å². The largest absolute Gasteiger partial charge is 0.371 e. The smallest absolute Gasteiger partial charge is 0.231 e. The number of fused-ring (bicyclic) bond motifs is 1. The van der Waals surface area contributed by atoms with Gasteiger partial charge in [0.05, 0.1) is 5.92 Å². The molecule has 174 valence electrons. The van der Waals surface area contributed by atoms with Gasteiger partial charge in [-0.25, -0.2) is 8.42 Å². The van der Waals surface area contributed by atoms with Crippen LogP contribution in [0.2, 0.25) is 0 Å². The number of sulfone groups is 1. The first kappa shape index (κ1) is 21.4. The van der Waals surface area contributed by atoms with E-state index in [0.717, 1.165) is 49.9 Å². The van der Waals surface area contributed by atoms with E-state index in [1.807, 2.05) is 24.3 Å². The molecule has 1 amide bonds. The summed E-state index contributed by atoms with van der Waals surface area (Å²) in [5.74, 6) is 0.386. The maximum absolute atomic E-state index is 12.2. The molecule has 1 unspecified atom stereocenters. The number of rotatable bonds is 7. The van der Waals surface area contributed by atoms with E-state index in [4.69, 9.17) is 5.73 Å². The molecule has 0 radical (unpaired) electrons. The van der Waals surface area contributed by atoms with Crippen molar-refractivity contribution < 1.29 is 13.2 Å². The van der Waals surface area contributed by atoms with Gasteiger partial charge in [0, 0.05) is 36.8 Å². The highest BCUT2D eigenvalue weighted by Crippen LogP contribution is 2.32. The highest BCUT2D eigenvalue weighted by molar-refractivity contribution is 7.90. The van der Waals surface area contributed by atoms with Crippen molar-refractivity contribution in [1.82, 2.24) is 20.2 Å². The summed E-state index contributed by atoms with van der Waals surface area (Å²) in [6, 6.07) is 8.05. The van der Waals surface area contributed by atoms with E-state index in [1.54, 1.807) is 0 Å². The lowest BCUT2D eigenvalue weighted by Crippen LogP contribution is -2.41. The number of anilines is 4. The van der Waals surface area contributed by atoms with E-state index in [0.29, 0.717) is 23.7 Å². The molecule has 0 bridgehead atoms. The van der Waals surface area contributed by atoms with Crippen molar-refractivity contribution in [3.05, 3.63) is 24.3 Å². The normalized spacial score (nSPS) is 18.9. The molecule has 12 heteroatoms. The Morgan fingerprint density at radius 3 is 2.61 bits per heavy atom. The predicted octanol–water partition coefficient (Wildman–Crippen LogP) is 1.78. The highest BCUT2D eigenvalue weighted by Gasteiger charge is 2.27. The van der Waals surface area contributed by atoms with E-state index in [2.05, 4.69) is 35.7 Å². The molecular weight excluding hydrogens is 444 g/mol. The average Bonchev–Trinajstić information content (AvgIpc) is 3.48. The molecule has 2 fully saturated rings. The van der Waals surface area contributed by atoms with E-state index in [9.17, 15) is 13.2 Å². The standard InChI is InChI=1S/C21H26N8O3S/c1-33(31,32)20-16-18(23-13-4-5-13)25-21(26-19(16)27-28-20)24-14-6-8-15(9-7-14)29-10-2-3-12(11-29)17(22)30/h6-9,12-13H,2-5,10-11H2,1H3,(H2,22,30)(H3,23,24,25,26,27,28). The second-order valence-corrected chi connectivity index (χ2v) is 10.6. The van der Waals surface area contributed by atoms with Crippen LogP contribution in [0.3, 0.4) is 0 Å². The number of carbonyl (C=O) groups excluding carboxylic acids is 1. The number of hydrogen-bond acceptors (Lipinski definition) is 9. The van der Waals surface area contributed by atoms with E-state index < -0.39 is 9.84 Å². The Bertz CT molecular complexity index is 1300. The first-order chi connectivity index (χ1) is 15.8. The van der Waals surface area contributed by atoms with Crippen LogP contribution < -0.4 is 21.3 Å². The molecule has 5 N–H and O–H groups in total. The van der Waals surface area contributed by atoms with Gasteiger partial charge < -0.3 is 21.3 Å². The van der Waals surface area contributed by atoms with E-state index >= 15 is 0 Å². The van der Waals surface area contributed by atoms with Crippen LogP contribution in [0, 0.1) is 5.92 Å². The van der Waals surface area contributed by atoms with Crippen molar-refractivity contribution >= 4 is 49.9 Å². The summed E-state index contributed by atoms with van der Waals surface area (Å²) in [5, 5.41) is 13.5. The van der Waals surface area contributed by atoms with Crippen molar-refractivity contribution in [3.63, 3.8) is 0 Å². The monoisotopic (exact) mass is 470 g/mol. The molecule has 1 saturated heterocycles. The molecule has 11 nitrogen and oxygen atoms in total. The zero-order valence-electron chi connectivity index (χ0n) is 18.2. The predicted molar refractivity (Wildman–Crippen MR) is 125 cm³/mol. The third kappa shape index (κ3) is 4.56. The van der Waals surface area contributed by atoms with Crippen LogP contribution in [0.4, 0.5) is 23.1 Å². The molecule has 3 aromatic rings. The minimum absolute atomic E-state index is 0.00681. The molecule has 1 aromatic carbocycles. The maximum atomic E-state index is 12.2. The summed E-state index contributed by atoms with van der Waals surface area (Å²) in [6.45, 7) is 1.51. The Morgan fingerprint density at radius 2 is 1.94 bits per heavy atom. The second kappa shape index (κ2) is 8.18. The summed E-state index contributed by atoms with van der Waals surface area (Å²) in [5.41, 5.74) is 7.56. The van der Waals surface area contributed by atoms with E-state index in [1.165, 1.54) is 0 Å². The lowest BCUT2D eigenvalue weighted by molar-refractivity contribution is -0.122. The Hall–Kier alpha value is -3.41. The number of benzene rings is 1. The van der Waals surface area contributed by atoms with Crippen molar-refractivity contribution in [2.45, 2.75) is 36.8 Å². The lowest BCUT2D eigenvalue weighted by atomic mass is 9.97. The fourth-order valence-corrected chi connectivity index (χ4v) is 4.85. The van der Waals surface area contributed by atoms with Crippen LogP contribution >= 0.6 is 0 Å². The van der Waals surface area contributed by atoms with Crippen LogP contribution in [-0.4, -0.2) is 59.9 Å². The summed E-state index contributed by atoms with van der Waals surface area (Å²) in [4.78, 5) is 22.7. The number of aromatic amines is 1. The number of piperidine rings is 1. The molecule has 1 saturated carbocycles. The Labute approximate surface area is 191 Å². The highest BCUT2D eigenvalue weighted by atomic mass is 32.2. The van der Waals surface area contributed by atoms with Crippen molar-refractivity contribution in [1.29, 1.82) is 0 Å². The van der Waals surface area contributed by atoms with E-state index in [-0.39, 0.29) is 28.5 Å². The van der Waals surface area contributed by atoms with Gasteiger partial charge in [0.25, 0.3) is 0 Å². The Kier molecular flexibility index (Phi) is 5.31. The maximum Gasteiger partial charge on any atom is 0.231 e. The zero-order valence-corrected chi connectivity index (χ0v) is 19.0. The molecule has 1 aliphatic heterocycles. The first-order valence-corrected chi connectivity index (χ1v) is 12.8. The number of primary amides is 1. The molecule has 1 atom stereocenters. The number of nitrogens with one attached hydrogen (secondary N) is 3. The summed E-state index contributed by atoms with van der Waals surface area (Å²) < 4.78 is 24.3. The average molecular weight is 471 g/mol. The van der Waals surface area contributed by atoms with Crippen LogP contribution in [0.1, 0.15) is 25.7 Å². The quantitative estimate of drug-likeness (QED) is 0.403. The molecular formula is C21H26N8O3S. The van der Waals surface area contributed by atoms with Crippen LogP contribution in [0.15, 0.2) is 29.3 Å². The van der Waals surface area contributed by atoms with Gasteiger partial charge in [-0.1, -0.05) is 0 Å².